The lowest BCUT2D eigenvalue weighted by Crippen LogP contribution is -2.37. The molecule has 2 N–H and O–H groups in total. The number of H-pyrrole nitrogens is 1. The maximum atomic E-state index is 12.8. The highest BCUT2D eigenvalue weighted by Gasteiger charge is 2.28. The molecule has 3 heterocycles. The van der Waals surface area contributed by atoms with Crippen LogP contribution in [0.4, 0.5) is 5.69 Å². The van der Waals surface area contributed by atoms with Gasteiger partial charge in [-0.2, -0.15) is 16.1 Å². The van der Waals surface area contributed by atoms with Crippen molar-refractivity contribution in [1.29, 1.82) is 0 Å². The highest BCUT2D eigenvalue weighted by Crippen LogP contribution is 2.38. The van der Waals surface area contributed by atoms with E-state index in [0.29, 0.717) is 31.1 Å². The van der Waals surface area contributed by atoms with Crippen molar-refractivity contribution in [2.24, 2.45) is 0 Å². The van der Waals surface area contributed by atoms with E-state index in [1.165, 1.54) is 16.6 Å². The number of carbonyl (C=O) groups excluding carboxylic acids is 1. The Hall–Kier alpha value is -2.17. The number of fused-ring (bicyclic) bond motifs is 1. The SMILES string of the molecule is CCOc1cc2c(cc1NC(=O)c1cc(S(=O)(=O)N3CCSCC3)c[nH]1)OC(C)C2. The van der Waals surface area contributed by atoms with E-state index >= 15 is 0 Å². The molecule has 0 saturated carbocycles. The molecule has 1 unspecified atom stereocenters. The van der Waals surface area contributed by atoms with E-state index in [1.807, 2.05) is 19.9 Å². The molecule has 2 aliphatic heterocycles. The van der Waals surface area contributed by atoms with Gasteiger partial charge in [0.05, 0.1) is 12.3 Å². The van der Waals surface area contributed by atoms with Gasteiger partial charge in [0, 0.05) is 48.8 Å². The number of carbonyl (C=O) groups is 1. The molecular weight excluding hydrogens is 426 g/mol. The Morgan fingerprint density at radius 3 is 2.83 bits per heavy atom. The fourth-order valence-electron chi connectivity index (χ4n) is 3.59. The van der Waals surface area contributed by atoms with Crippen molar-refractivity contribution in [3.05, 3.63) is 35.7 Å². The summed E-state index contributed by atoms with van der Waals surface area (Å²) in [7, 11) is -3.61. The largest absolute Gasteiger partial charge is 0.492 e. The van der Waals surface area contributed by atoms with Gasteiger partial charge in [-0.25, -0.2) is 8.42 Å². The number of hydrogen-bond acceptors (Lipinski definition) is 6. The first-order valence-corrected chi connectivity index (χ1v) is 12.5. The minimum Gasteiger partial charge on any atom is -0.492 e. The third kappa shape index (κ3) is 4.17. The van der Waals surface area contributed by atoms with E-state index in [-0.39, 0.29) is 16.7 Å². The summed E-state index contributed by atoms with van der Waals surface area (Å²) < 4.78 is 38.5. The van der Waals surface area contributed by atoms with Gasteiger partial charge in [-0.3, -0.25) is 4.79 Å². The highest BCUT2D eigenvalue weighted by molar-refractivity contribution is 7.99. The lowest BCUT2D eigenvalue weighted by molar-refractivity contribution is 0.102. The molecule has 2 aromatic rings. The summed E-state index contributed by atoms with van der Waals surface area (Å²) in [5.74, 6) is 2.39. The van der Waals surface area contributed by atoms with Gasteiger partial charge in [-0.15, -0.1) is 0 Å². The van der Waals surface area contributed by atoms with Crippen LogP contribution in [-0.4, -0.2) is 60.9 Å². The van der Waals surface area contributed by atoms with Crippen LogP contribution in [-0.2, 0) is 16.4 Å². The molecule has 1 fully saturated rings. The van der Waals surface area contributed by atoms with Crippen LogP contribution in [0.2, 0.25) is 0 Å². The summed E-state index contributed by atoms with van der Waals surface area (Å²) in [6.45, 7) is 5.27. The topological polar surface area (TPSA) is 101 Å². The number of benzene rings is 1. The Bertz CT molecular complexity index is 1040. The molecule has 8 nitrogen and oxygen atoms in total. The Morgan fingerprint density at radius 2 is 2.10 bits per heavy atom. The molecule has 30 heavy (non-hydrogen) atoms. The summed E-state index contributed by atoms with van der Waals surface area (Å²) in [6, 6.07) is 5.02. The zero-order valence-electron chi connectivity index (χ0n) is 16.9. The number of nitrogens with zero attached hydrogens (tertiary/aromatic N) is 1. The summed E-state index contributed by atoms with van der Waals surface area (Å²) in [4.78, 5) is 15.7. The molecule has 0 aliphatic carbocycles. The molecule has 1 amide bonds. The van der Waals surface area contributed by atoms with Gasteiger partial charge in [-0.1, -0.05) is 0 Å². The fourth-order valence-corrected chi connectivity index (χ4v) is 6.16. The molecule has 1 aromatic heterocycles. The standard InChI is InChI=1S/C20H25N3O5S2/c1-3-27-19-9-14-8-13(2)28-18(14)11-16(19)22-20(24)17-10-15(12-21-17)30(25,26)23-4-6-29-7-5-23/h9-13,21H,3-8H2,1-2H3,(H,22,24). The lowest BCUT2D eigenvalue weighted by Gasteiger charge is -2.24. The first-order chi connectivity index (χ1) is 14.4. The predicted molar refractivity (Wildman–Crippen MR) is 116 cm³/mol. The first-order valence-electron chi connectivity index (χ1n) is 9.92. The second-order valence-electron chi connectivity index (χ2n) is 7.24. The fraction of sp³-hybridized carbons (Fsp3) is 0.450. The third-order valence-corrected chi connectivity index (χ3v) is 7.87. The normalized spacial score (nSPS) is 19.2. The van der Waals surface area contributed by atoms with Gasteiger partial charge in [-0.05, 0) is 26.0 Å². The monoisotopic (exact) mass is 451 g/mol. The number of aromatic nitrogens is 1. The molecule has 0 spiro atoms. The Morgan fingerprint density at radius 1 is 1.33 bits per heavy atom. The van der Waals surface area contributed by atoms with Gasteiger partial charge < -0.3 is 19.8 Å². The van der Waals surface area contributed by atoms with Crippen LogP contribution in [0.3, 0.4) is 0 Å². The van der Waals surface area contributed by atoms with Crippen LogP contribution < -0.4 is 14.8 Å². The molecule has 162 valence electrons. The second-order valence-corrected chi connectivity index (χ2v) is 10.4. The molecular formula is C20H25N3O5S2. The van der Waals surface area contributed by atoms with Gasteiger partial charge >= 0.3 is 0 Å². The first kappa shape index (κ1) is 21.1. The van der Waals surface area contributed by atoms with Crippen LogP contribution in [0, 0.1) is 0 Å². The number of aromatic amines is 1. The van der Waals surface area contributed by atoms with E-state index in [0.717, 1.165) is 29.2 Å². The average Bonchev–Trinajstić information content (AvgIpc) is 3.35. The molecule has 0 bridgehead atoms. The van der Waals surface area contributed by atoms with E-state index in [9.17, 15) is 13.2 Å². The van der Waals surface area contributed by atoms with Crippen molar-refractivity contribution in [3.8, 4) is 11.5 Å². The summed E-state index contributed by atoms with van der Waals surface area (Å²) in [6.07, 6.45) is 2.23. The molecule has 4 rings (SSSR count). The predicted octanol–water partition coefficient (Wildman–Crippen LogP) is 2.73. The molecule has 10 heteroatoms. The highest BCUT2D eigenvalue weighted by atomic mass is 32.2. The van der Waals surface area contributed by atoms with E-state index in [1.54, 1.807) is 17.8 Å². The zero-order valence-corrected chi connectivity index (χ0v) is 18.6. The van der Waals surface area contributed by atoms with Crippen molar-refractivity contribution in [3.63, 3.8) is 0 Å². The summed E-state index contributed by atoms with van der Waals surface area (Å²) in [5.41, 5.74) is 1.69. The summed E-state index contributed by atoms with van der Waals surface area (Å²) in [5, 5.41) is 2.81. The maximum Gasteiger partial charge on any atom is 0.272 e. The number of hydrogen-bond donors (Lipinski definition) is 2. The van der Waals surface area contributed by atoms with Crippen molar-refractivity contribution in [1.82, 2.24) is 9.29 Å². The molecule has 1 aromatic carbocycles. The van der Waals surface area contributed by atoms with Crippen molar-refractivity contribution in [2.45, 2.75) is 31.3 Å². The third-order valence-electron chi connectivity index (χ3n) is 5.06. The van der Waals surface area contributed by atoms with Gasteiger partial charge in [0.15, 0.2) is 0 Å². The second kappa shape index (κ2) is 8.52. The Kier molecular flexibility index (Phi) is 5.99. The molecule has 2 aliphatic rings. The van der Waals surface area contributed by atoms with Gasteiger partial charge in [0.2, 0.25) is 10.0 Å². The zero-order chi connectivity index (χ0) is 21.3. The average molecular weight is 452 g/mol. The van der Waals surface area contributed by atoms with Gasteiger partial charge in [0.1, 0.15) is 28.2 Å². The molecule has 0 radical (unpaired) electrons. The number of anilines is 1. The Labute approximate surface area is 180 Å². The molecule has 1 atom stereocenters. The minimum atomic E-state index is -3.61. The smallest absolute Gasteiger partial charge is 0.272 e. The number of sulfonamides is 1. The quantitative estimate of drug-likeness (QED) is 0.700. The van der Waals surface area contributed by atoms with Gasteiger partial charge in [0.25, 0.3) is 5.91 Å². The van der Waals surface area contributed by atoms with Crippen LogP contribution in [0.25, 0.3) is 0 Å². The van der Waals surface area contributed by atoms with E-state index in [4.69, 9.17) is 9.47 Å². The minimum absolute atomic E-state index is 0.0739. The number of amides is 1. The van der Waals surface area contributed by atoms with Crippen molar-refractivity contribution < 1.29 is 22.7 Å². The van der Waals surface area contributed by atoms with Crippen molar-refractivity contribution >= 4 is 33.4 Å². The van der Waals surface area contributed by atoms with Crippen LogP contribution in [0.1, 0.15) is 29.9 Å². The number of ether oxygens (including phenoxy) is 2. The van der Waals surface area contributed by atoms with Crippen LogP contribution in [0.15, 0.2) is 29.3 Å². The number of nitrogens with one attached hydrogen (secondary N) is 2. The maximum absolute atomic E-state index is 12.8. The number of rotatable bonds is 6. The molecule has 1 saturated heterocycles. The summed E-state index contributed by atoms with van der Waals surface area (Å²) >= 11 is 1.73. The van der Waals surface area contributed by atoms with E-state index in [2.05, 4.69) is 10.3 Å². The number of thioether (sulfide) groups is 1. The Balaban J connectivity index is 1.54. The van der Waals surface area contributed by atoms with Crippen LogP contribution >= 0.6 is 11.8 Å². The van der Waals surface area contributed by atoms with Crippen LogP contribution in [0.5, 0.6) is 11.5 Å². The van der Waals surface area contributed by atoms with Crippen molar-refractivity contribution in [2.75, 3.05) is 36.5 Å². The lowest BCUT2D eigenvalue weighted by atomic mass is 10.1. The van der Waals surface area contributed by atoms with E-state index < -0.39 is 15.9 Å².